The summed E-state index contributed by atoms with van der Waals surface area (Å²) in [6, 6.07) is 18.1. The van der Waals surface area contributed by atoms with Gasteiger partial charge in [0.15, 0.2) is 0 Å². The molecule has 2 fully saturated rings. The molecule has 1 aliphatic heterocycles. The van der Waals surface area contributed by atoms with E-state index in [1.54, 1.807) is 7.11 Å². The fourth-order valence-corrected chi connectivity index (χ4v) is 3.94. The van der Waals surface area contributed by atoms with Crippen molar-refractivity contribution in [2.45, 2.75) is 37.2 Å². The van der Waals surface area contributed by atoms with E-state index < -0.39 is 0 Å². The van der Waals surface area contributed by atoms with Crippen LogP contribution >= 0.6 is 0 Å². The lowest BCUT2D eigenvalue weighted by atomic mass is 9.92. The van der Waals surface area contributed by atoms with Crippen molar-refractivity contribution >= 4 is 0 Å². The molecule has 0 amide bonds. The highest BCUT2D eigenvalue weighted by atomic mass is 16.5. The fourth-order valence-electron chi connectivity index (χ4n) is 3.94. The molecule has 0 bridgehead atoms. The van der Waals surface area contributed by atoms with Gasteiger partial charge in [-0.1, -0.05) is 30.3 Å². The molecule has 0 aromatic heterocycles. The van der Waals surface area contributed by atoms with Gasteiger partial charge in [0.05, 0.1) is 13.2 Å². The lowest BCUT2D eigenvalue weighted by molar-refractivity contribution is 0.0780. The minimum Gasteiger partial charge on any atom is -0.497 e. The van der Waals surface area contributed by atoms with Gasteiger partial charge in [-0.05, 0) is 60.6 Å². The minimum atomic E-state index is -0.0928. The number of benzene rings is 2. The topological polar surface area (TPSA) is 32.7 Å². The molecule has 1 N–H and O–H groups in total. The van der Waals surface area contributed by atoms with Crippen molar-refractivity contribution < 1.29 is 9.84 Å². The van der Waals surface area contributed by atoms with Gasteiger partial charge in [-0.2, -0.15) is 0 Å². The summed E-state index contributed by atoms with van der Waals surface area (Å²) >= 11 is 0. The second kappa shape index (κ2) is 6.81. The van der Waals surface area contributed by atoms with Gasteiger partial charge in [-0.25, -0.2) is 0 Å². The van der Waals surface area contributed by atoms with Crippen LogP contribution in [0.15, 0.2) is 42.5 Å². The van der Waals surface area contributed by atoms with Crippen molar-refractivity contribution in [2.24, 2.45) is 0 Å². The van der Waals surface area contributed by atoms with E-state index in [0.29, 0.717) is 5.41 Å². The van der Waals surface area contributed by atoms with E-state index in [1.165, 1.54) is 24.0 Å². The number of hydrogen-bond acceptors (Lipinski definition) is 3. The third-order valence-electron chi connectivity index (χ3n) is 5.75. The summed E-state index contributed by atoms with van der Waals surface area (Å²) in [5, 5.41) is 9.70. The molecule has 3 nitrogen and oxygen atoms in total. The van der Waals surface area contributed by atoms with Crippen molar-refractivity contribution in [3.63, 3.8) is 0 Å². The number of hydrogen-bond donors (Lipinski definition) is 1. The largest absolute Gasteiger partial charge is 0.497 e. The van der Waals surface area contributed by atoms with E-state index >= 15 is 0 Å². The second-order valence-corrected chi connectivity index (χ2v) is 7.51. The molecule has 1 heterocycles. The Kier molecular flexibility index (Phi) is 4.53. The molecule has 4 rings (SSSR count). The number of methoxy groups -OCH3 is 1. The normalized spacial score (nSPS) is 20.4. The highest BCUT2D eigenvalue weighted by molar-refractivity contribution is 5.65. The zero-order valence-electron chi connectivity index (χ0n) is 14.9. The Morgan fingerprint density at radius 2 is 1.88 bits per heavy atom. The number of rotatable bonds is 5. The monoisotopic (exact) mass is 336 g/mol. The molecule has 0 atom stereocenters. The quantitative estimate of drug-likeness (QED) is 0.905. The maximum Gasteiger partial charge on any atom is 0.119 e. The average Bonchev–Trinajstić information content (AvgIpc) is 3.44. The number of aliphatic hydroxyl groups excluding tert-OH is 1. The number of piperidine rings is 1. The maximum absolute atomic E-state index is 9.70. The van der Waals surface area contributed by atoms with E-state index in [2.05, 4.69) is 35.2 Å². The molecule has 25 heavy (non-hydrogen) atoms. The molecule has 0 unspecified atom stereocenters. The van der Waals surface area contributed by atoms with E-state index in [9.17, 15) is 5.11 Å². The van der Waals surface area contributed by atoms with Gasteiger partial charge in [0.25, 0.3) is 0 Å². The van der Waals surface area contributed by atoms with E-state index in [-0.39, 0.29) is 6.10 Å². The number of nitrogens with zero attached hydrogens (tertiary/aromatic N) is 1. The number of likely N-dealkylation sites (tertiary alicyclic amines) is 1. The lowest BCUT2D eigenvalue weighted by Crippen LogP contribution is -2.40. The van der Waals surface area contributed by atoms with Gasteiger partial charge in [0, 0.05) is 25.0 Å². The lowest BCUT2D eigenvalue weighted by Gasteiger charge is -2.33. The Labute approximate surface area is 150 Å². The van der Waals surface area contributed by atoms with Crippen LogP contribution in [0.1, 0.15) is 31.2 Å². The maximum atomic E-state index is 9.70. The van der Waals surface area contributed by atoms with Crippen molar-refractivity contribution in [3.8, 4) is 16.9 Å². The van der Waals surface area contributed by atoms with Gasteiger partial charge in [0.2, 0.25) is 0 Å². The summed E-state index contributed by atoms with van der Waals surface area (Å²) < 4.78 is 5.31. The Balaban J connectivity index is 1.48. The molecule has 2 aromatic rings. The fraction of sp³-hybridized carbons (Fsp3) is 0.455. The van der Waals surface area contributed by atoms with Crippen LogP contribution in [0.25, 0.3) is 11.1 Å². The van der Waals surface area contributed by atoms with Crippen molar-refractivity contribution in [3.05, 3.63) is 54.1 Å². The summed E-state index contributed by atoms with van der Waals surface area (Å²) in [5.74, 6) is 0.865. The molecule has 1 saturated heterocycles. The summed E-state index contributed by atoms with van der Waals surface area (Å²) in [5.41, 5.74) is 4.03. The minimum absolute atomic E-state index is 0.0928. The van der Waals surface area contributed by atoms with Crippen molar-refractivity contribution in [1.29, 1.82) is 0 Å². The second-order valence-electron chi connectivity index (χ2n) is 7.51. The third-order valence-corrected chi connectivity index (χ3v) is 5.75. The van der Waals surface area contributed by atoms with Crippen LogP contribution < -0.4 is 4.74 Å². The molecule has 3 heteroatoms. The summed E-state index contributed by atoms with van der Waals surface area (Å²) in [6.07, 6.45) is 4.29. The molecule has 2 aliphatic rings. The summed E-state index contributed by atoms with van der Waals surface area (Å²) in [4.78, 5) is 2.53. The van der Waals surface area contributed by atoms with Crippen LogP contribution in [0.2, 0.25) is 0 Å². The number of aliphatic hydroxyl groups is 1. The van der Waals surface area contributed by atoms with E-state index in [4.69, 9.17) is 4.74 Å². The summed E-state index contributed by atoms with van der Waals surface area (Å²) in [7, 11) is 1.69. The van der Waals surface area contributed by atoms with Crippen LogP contribution in [-0.4, -0.2) is 42.9 Å². The van der Waals surface area contributed by atoms with E-state index in [0.717, 1.165) is 43.8 Å². The zero-order chi connectivity index (χ0) is 17.3. The highest BCUT2D eigenvalue weighted by Gasteiger charge is 2.45. The van der Waals surface area contributed by atoms with Crippen LogP contribution in [0.4, 0.5) is 0 Å². The highest BCUT2D eigenvalue weighted by Crippen LogP contribution is 2.49. The van der Waals surface area contributed by atoms with Crippen LogP contribution in [-0.2, 0) is 5.41 Å². The molecular weight excluding hydrogens is 310 g/mol. The average molecular weight is 336 g/mol. The van der Waals surface area contributed by atoms with Crippen LogP contribution in [0.3, 0.4) is 0 Å². The first-order chi connectivity index (χ1) is 12.2. The Bertz CT molecular complexity index is 713. The smallest absolute Gasteiger partial charge is 0.119 e. The molecular formula is C22H26NO2. The van der Waals surface area contributed by atoms with E-state index in [1.807, 2.05) is 18.2 Å². The summed E-state index contributed by atoms with van der Waals surface area (Å²) in [6.45, 7) is 3.18. The van der Waals surface area contributed by atoms with Gasteiger partial charge in [-0.15, -0.1) is 0 Å². The van der Waals surface area contributed by atoms with Gasteiger partial charge < -0.3 is 14.7 Å². The SMILES string of the molecule is COc1cc[c]c(-c2ccc(C3(CN4CCC(O)CC4)CC3)cc2)c1. The number of ether oxygens (including phenoxy) is 1. The predicted molar refractivity (Wildman–Crippen MR) is 99.9 cm³/mol. The molecule has 2 aromatic carbocycles. The first-order valence-corrected chi connectivity index (χ1v) is 9.26. The Morgan fingerprint density at radius 1 is 1.16 bits per heavy atom. The molecule has 1 radical (unpaired) electrons. The molecule has 1 saturated carbocycles. The standard InChI is InChI=1S/C22H26NO2/c1-25-21-4-2-3-18(15-21)17-5-7-19(8-6-17)22(11-12-22)16-23-13-9-20(24)10-14-23/h2,4-8,15,20,24H,9-14,16H2,1H3. The van der Waals surface area contributed by atoms with Gasteiger partial charge in [0.1, 0.15) is 5.75 Å². The van der Waals surface area contributed by atoms with Crippen LogP contribution in [0, 0.1) is 6.07 Å². The van der Waals surface area contributed by atoms with Crippen molar-refractivity contribution in [2.75, 3.05) is 26.7 Å². The van der Waals surface area contributed by atoms with Crippen LogP contribution in [0.5, 0.6) is 5.75 Å². The zero-order valence-corrected chi connectivity index (χ0v) is 14.9. The first-order valence-electron chi connectivity index (χ1n) is 9.26. The molecule has 1 aliphatic carbocycles. The Hall–Kier alpha value is -1.84. The molecule has 0 spiro atoms. The van der Waals surface area contributed by atoms with Gasteiger partial charge >= 0.3 is 0 Å². The Morgan fingerprint density at radius 3 is 2.52 bits per heavy atom. The molecule has 131 valence electrons. The third kappa shape index (κ3) is 3.58. The van der Waals surface area contributed by atoms with Gasteiger partial charge in [-0.3, -0.25) is 0 Å². The predicted octanol–water partition coefficient (Wildman–Crippen LogP) is 3.65. The first kappa shape index (κ1) is 16.6. The van der Waals surface area contributed by atoms with Crippen molar-refractivity contribution in [1.82, 2.24) is 4.90 Å².